The molecule has 1 atom stereocenters. The lowest BCUT2D eigenvalue weighted by atomic mass is 9.88. The fraction of sp³-hybridized carbons (Fsp3) is 0.550. The quantitative estimate of drug-likeness (QED) is 0.745. The highest BCUT2D eigenvalue weighted by atomic mass is 16.6. The molecule has 7 heteroatoms. The van der Waals surface area contributed by atoms with Crippen molar-refractivity contribution < 1.29 is 23.9 Å². The number of carbonyl (C=O) groups is 3. The summed E-state index contributed by atoms with van der Waals surface area (Å²) in [6.07, 6.45) is 2.28. The molecular formula is C20H28N2O5. The molecule has 0 aromatic heterocycles. The lowest BCUT2D eigenvalue weighted by molar-refractivity contribution is -0.148. The topological polar surface area (TPSA) is 93.7 Å². The van der Waals surface area contributed by atoms with Crippen molar-refractivity contribution in [2.24, 2.45) is 0 Å². The van der Waals surface area contributed by atoms with Crippen molar-refractivity contribution in [3.8, 4) is 0 Å². The molecule has 0 bridgehead atoms. The van der Waals surface area contributed by atoms with Gasteiger partial charge in [0.2, 0.25) is 0 Å². The Kier molecular flexibility index (Phi) is 7.21. The Bertz CT molecular complexity index is 681. The fourth-order valence-corrected chi connectivity index (χ4v) is 2.94. The summed E-state index contributed by atoms with van der Waals surface area (Å²) in [5.74, 6) is -0.879. The molecule has 1 aliphatic rings. The molecule has 0 spiro atoms. The van der Waals surface area contributed by atoms with Crippen LogP contribution >= 0.6 is 0 Å². The third-order valence-electron chi connectivity index (χ3n) is 4.07. The van der Waals surface area contributed by atoms with Gasteiger partial charge in [-0.2, -0.15) is 0 Å². The third kappa shape index (κ3) is 7.29. The maximum absolute atomic E-state index is 12.1. The van der Waals surface area contributed by atoms with E-state index < -0.39 is 17.7 Å². The van der Waals surface area contributed by atoms with E-state index in [4.69, 9.17) is 9.47 Å². The van der Waals surface area contributed by atoms with E-state index in [1.807, 2.05) is 18.2 Å². The van der Waals surface area contributed by atoms with Crippen molar-refractivity contribution in [3.05, 3.63) is 35.4 Å². The molecule has 2 amide bonds. The zero-order chi connectivity index (χ0) is 19.9. The van der Waals surface area contributed by atoms with Crippen LogP contribution in [-0.4, -0.2) is 36.7 Å². The first-order valence-corrected chi connectivity index (χ1v) is 9.24. The largest absolute Gasteiger partial charge is 0.456 e. The Balaban J connectivity index is 1.67. The summed E-state index contributed by atoms with van der Waals surface area (Å²) < 4.78 is 10.0. The van der Waals surface area contributed by atoms with Crippen LogP contribution in [0.4, 0.5) is 4.79 Å². The van der Waals surface area contributed by atoms with Gasteiger partial charge in [-0.25, -0.2) is 4.79 Å². The maximum Gasteiger partial charge on any atom is 0.407 e. The van der Waals surface area contributed by atoms with Gasteiger partial charge in [-0.05, 0) is 51.2 Å². The van der Waals surface area contributed by atoms with Crippen LogP contribution in [0.5, 0.6) is 0 Å². The zero-order valence-electron chi connectivity index (χ0n) is 16.2. The van der Waals surface area contributed by atoms with Crippen LogP contribution < -0.4 is 10.6 Å². The van der Waals surface area contributed by atoms with Crippen molar-refractivity contribution in [1.29, 1.82) is 0 Å². The van der Waals surface area contributed by atoms with Crippen molar-refractivity contribution in [3.63, 3.8) is 0 Å². The molecule has 2 rings (SSSR count). The lowest BCUT2D eigenvalue weighted by Gasteiger charge is -2.26. The fourth-order valence-electron chi connectivity index (χ4n) is 2.94. The predicted molar refractivity (Wildman–Crippen MR) is 100 cm³/mol. The lowest BCUT2D eigenvalue weighted by Crippen LogP contribution is -2.35. The summed E-state index contributed by atoms with van der Waals surface area (Å²) in [6.45, 7) is 5.02. The van der Waals surface area contributed by atoms with Gasteiger partial charge in [0.15, 0.2) is 6.61 Å². The van der Waals surface area contributed by atoms with Crippen LogP contribution in [0.1, 0.15) is 57.2 Å². The smallest absolute Gasteiger partial charge is 0.407 e. The van der Waals surface area contributed by atoms with Gasteiger partial charge in [0.1, 0.15) is 5.60 Å². The van der Waals surface area contributed by atoms with Crippen LogP contribution in [0.2, 0.25) is 0 Å². The average molecular weight is 376 g/mol. The highest BCUT2D eigenvalue weighted by Gasteiger charge is 2.22. The summed E-state index contributed by atoms with van der Waals surface area (Å²) in [5, 5.41) is 5.40. The molecule has 0 aliphatic heterocycles. The van der Waals surface area contributed by atoms with Gasteiger partial charge in [-0.3, -0.25) is 9.59 Å². The standard InChI is InChI=1S/C20H28N2O5/c1-20(2,3)27-19(25)21-12-11-18(24)26-13-17(23)22-16-10-6-8-14-7-4-5-9-15(14)16/h4-5,7,9,16H,6,8,10-13H2,1-3H3,(H,21,25)(H,22,23)/t16-/m1/s1. The Labute approximate surface area is 159 Å². The zero-order valence-corrected chi connectivity index (χ0v) is 16.2. The third-order valence-corrected chi connectivity index (χ3v) is 4.07. The van der Waals surface area contributed by atoms with Crippen LogP contribution in [0, 0.1) is 0 Å². The average Bonchev–Trinajstić information content (AvgIpc) is 2.59. The summed E-state index contributed by atoms with van der Waals surface area (Å²) in [4.78, 5) is 35.3. The van der Waals surface area contributed by atoms with Crippen LogP contribution in [-0.2, 0) is 25.5 Å². The van der Waals surface area contributed by atoms with Crippen molar-refractivity contribution in [2.45, 2.75) is 58.1 Å². The van der Waals surface area contributed by atoms with Crippen molar-refractivity contribution in [1.82, 2.24) is 10.6 Å². The van der Waals surface area contributed by atoms with E-state index in [0.29, 0.717) is 0 Å². The molecule has 0 fully saturated rings. The van der Waals surface area contributed by atoms with Crippen molar-refractivity contribution >= 4 is 18.0 Å². The molecule has 0 saturated carbocycles. The summed E-state index contributed by atoms with van der Waals surface area (Å²) in [5.41, 5.74) is 1.78. The molecule has 148 valence electrons. The van der Waals surface area contributed by atoms with Gasteiger partial charge >= 0.3 is 12.1 Å². The normalized spacial score (nSPS) is 16.0. The summed E-state index contributed by atoms with van der Waals surface area (Å²) in [7, 11) is 0. The molecule has 2 N–H and O–H groups in total. The SMILES string of the molecule is CC(C)(C)OC(=O)NCCC(=O)OCC(=O)N[C@@H]1CCCc2ccccc21. The molecule has 27 heavy (non-hydrogen) atoms. The predicted octanol–water partition coefficient (Wildman–Crippen LogP) is 2.64. The number of hydrogen-bond acceptors (Lipinski definition) is 5. The minimum atomic E-state index is -0.597. The van der Waals surface area contributed by atoms with Crippen LogP contribution in [0.15, 0.2) is 24.3 Å². The van der Waals surface area contributed by atoms with Gasteiger partial charge in [0, 0.05) is 6.54 Å². The first-order valence-electron chi connectivity index (χ1n) is 9.24. The van der Waals surface area contributed by atoms with E-state index in [9.17, 15) is 14.4 Å². The van der Waals surface area contributed by atoms with Gasteiger partial charge in [-0.1, -0.05) is 24.3 Å². The van der Waals surface area contributed by atoms with E-state index in [0.717, 1.165) is 24.8 Å². The Morgan fingerprint density at radius 3 is 2.67 bits per heavy atom. The summed E-state index contributed by atoms with van der Waals surface area (Å²) >= 11 is 0. The van der Waals surface area contributed by atoms with Gasteiger partial charge in [0.05, 0.1) is 12.5 Å². The first kappa shape index (κ1) is 20.7. The second-order valence-corrected chi connectivity index (χ2v) is 7.55. The molecule has 1 aromatic carbocycles. The summed E-state index contributed by atoms with van der Waals surface area (Å²) in [6, 6.07) is 8.01. The number of hydrogen-bond donors (Lipinski definition) is 2. The number of carbonyl (C=O) groups excluding carboxylic acids is 3. The number of fused-ring (bicyclic) bond motifs is 1. The second-order valence-electron chi connectivity index (χ2n) is 7.55. The van der Waals surface area contributed by atoms with E-state index in [1.165, 1.54) is 5.56 Å². The van der Waals surface area contributed by atoms with E-state index in [1.54, 1.807) is 20.8 Å². The van der Waals surface area contributed by atoms with Crippen molar-refractivity contribution in [2.75, 3.05) is 13.2 Å². The van der Waals surface area contributed by atoms with E-state index in [-0.39, 0.29) is 31.5 Å². The minimum Gasteiger partial charge on any atom is -0.456 e. The number of amides is 2. The molecule has 7 nitrogen and oxygen atoms in total. The molecule has 0 radical (unpaired) electrons. The molecule has 0 heterocycles. The molecule has 0 unspecified atom stereocenters. The monoisotopic (exact) mass is 376 g/mol. The number of nitrogens with one attached hydrogen (secondary N) is 2. The number of esters is 1. The van der Waals surface area contributed by atoms with Gasteiger partial charge in [0.25, 0.3) is 5.91 Å². The number of ether oxygens (including phenoxy) is 2. The minimum absolute atomic E-state index is 0.0290. The molecule has 1 aliphatic carbocycles. The number of rotatable bonds is 6. The van der Waals surface area contributed by atoms with E-state index >= 15 is 0 Å². The second kappa shape index (κ2) is 9.39. The maximum atomic E-state index is 12.1. The van der Waals surface area contributed by atoms with E-state index in [2.05, 4.69) is 16.7 Å². The molecule has 0 saturated heterocycles. The van der Waals surface area contributed by atoms with Crippen LogP contribution in [0.25, 0.3) is 0 Å². The Hall–Kier alpha value is -2.57. The number of aryl methyl sites for hydroxylation is 1. The molecule has 1 aromatic rings. The number of alkyl carbamates (subject to hydrolysis) is 1. The number of benzene rings is 1. The highest BCUT2D eigenvalue weighted by molar-refractivity contribution is 5.81. The Morgan fingerprint density at radius 1 is 1.19 bits per heavy atom. The van der Waals surface area contributed by atoms with Gasteiger partial charge < -0.3 is 20.1 Å². The molecular weight excluding hydrogens is 348 g/mol. The van der Waals surface area contributed by atoms with Crippen LogP contribution in [0.3, 0.4) is 0 Å². The first-order chi connectivity index (χ1) is 12.7. The van der Waals surface area contributed by atoms with Gasteiger partial charge in [-0.15, -0.1) is 0 Å². The Morgan fingerprint density at radius 2 is 1.93 bits per heavy atom. The highest BCUT2D eigenvalue weighted by Crippen LogP contribution is 2.29.